The molecule has 1 aliphatic carbocycles. The van der Waals surface area contributed by atoms with Crippen LogP contribution in [0.15, 0.2) is 18.2 Å². The lowest BCUT2D eigenvalue weighted by molar-refractivity contribution is 0.00940. The van der Waals surface area contributed by atoms with E-state index in [4.69, 9.17) is 23.2 Å². The molecule has 1 aliphatic heterocycles. The first-order valence-corrected chi connectivity index (χ1v) is 8.72. The van der Waals surface area contributed by atoms with E-state index in [0.29, 0.717) is 40.5 Å². The maximum absolute atomic E-state index is 12.8. The summed E-state index contributed by atoms with van der Waals surface area (Å²) in [5.41, 5.74) is 0.388. The summed E-state index contributed by atoms with van der Waals surface area (Å²) >= 11 is 12.3. The van der Waals surface area contributed by atoms with Crippen LogP contribution in [0.2, 0.25) is 10.0 Å². The fourth-order valence-corrected chi connectivity index (χ4v) is 4.55. The fraction of sp³-hybridized carbons (Fsp3) is 0.588. The first kappa shape index (κ1) is 17.0. The van der Waals surface area contributed by atoms with Crippen LogP contribution >= 0.6 is 23.2 Å². The molecule has 0 unspecified atom stereocenters. The molecule has 0 radical (unpaired) electrons. The summed E-state index contributed by atoms with van der Waals surface area (Å²) in [5, 5.41) is 11.1. The molecule has 6 heteroatoms. The van der Waals surface area contributed by atoms with Crippen molar-refractivity contribution >= 4 is 29.1 Å². The van der Waals surface area contributed by atoms with Crippen LogP contribution in [-0.4, -0.2) is 60.1 Å². The van der Waals surface area contributed by atoms with Crippen molar-refractivity contribution in [3.05, 3.63) is 33.8 Å². The average Bonchev–Trinajstić information content (AvgIpc) is 2.88. The Bertz CT molecular complexity index is 588. The molecule has 3 rings (SSSR count). The highest BCUT2D eigenvalue weighted by molar-refractivity contribution is 6.39. The maximum atomic E-state index is 12.8. The molecule has 1 saturated heterocycles. The van der Waals surface area contributed by atoms with Crippen LogP contribution in [0.25, 0.3) is 0 Å². The van der Waals surface area contributed by atoms with E-state index in [1.165, 1.54) is 0 Å². The Labute approximate surface area is 147 Å². The molecule has 126 valence electrons. The van der Waals surface area contributed by atoms with E-state index < -0.39 is 0 Å². The van der Waals surface area contributed by atoms with Gasteiger partial charge in [-0.15, -0.1) is 0 Å². The highest BCUT2D eigenvalue weighted by Crippen LogP contribution is 2.39. The highest BCUT2D eigenvalue weighted by Gasteiger charge is 2.44. The molecule has 1 N–H and O–H groups in total. The van der Waals surface area contributed by atoms with Gasteiger partial charge < -0.3 is 14.9 Å². The number of carbonyl (C=O) groups is 1. The maximum Gasteiger partial charge on any atom is 0.256 e. The second-order valence-electron chi connectivity index (χ2n) is 6.90. The van der Waals surface area contributed by atoms with Gasteiger partial charge in [0.25, 0.3) is 5.91 Å². The highest BCUT2D eigenvalue weighted by atomic mass is 35.5. The second kappa shape index (κ2) is 6.60. The zero-order valence-corrected chi connectivity index (χ0v) is 14.9. The van der Waals surface area contributed by atoms with Crippen molar-refractivity contribution in [3.8, 4) is 0 Å². The third-order valence-corrected chi connectivity index (χ3v) is 5.87. The number of hydrogen-bond donors (Lipinski definition) is 1. The Balaban J connectivity index is 1.76. The van der Waals surface area contributed by atoms with E-state index in [-0.39, 0.29) is 18.1 Å². The first-order valence-electron chi connectivity index (χ1n) is 7.96. The van der Waals surface area contributed by atoms with Gasteiger partial charge in [-0.05, 0) is 50.9 Å². The quantitative estimate of drug-likeness (QED) is 0.885. The van der Waals surface area contributed by atoms with Crippen LogP contribution in [0.4, 0.5) is 0 Å². The molecule has 0 spiro atoms. The number of halogens is 2. The summed E-state index contributed by atoms with van der Waals surface area (Å²) in [4.78, 5) is 16.7. The van der Waals surface area contributed by atoms with Crippen molar-refractivity contribution < 1.29 is 9.90 Å². The van der Waals surface area contributed by atoms with Crippen LogP contribution in [0.1, 0.15) is 23.2 Å². The predicted molar refractivity (Wildman–Crippen MR) is 92.1 cm³/mol. The molecule has 2 fully saturated rings. The van der Waals surface area contributed by atoms with Gasteiger partial charge in [-0.1, -0.05) is 29.3 Å². The lowest BCUT2D eigenvalue weighted by Crippen LogP contribution is -2.46. The zero-order chi connectivity index (χ0) is 16.7. The van der Waals surface area contributed by atoms with Gasteiger partial charge in [0, 0.05) is 19.1 Å². The Kier molecular flexibility index (Phi) is 4.88. The number of aliphatic hydroxyl groups is 1. The van der Waals surface area contributed by atoms with E-state index in [1.54, 1.807) is 18.2 Å². The van der Waals surface area contributed by atoms with E-state index in [2.05, 4.69) is 4.90 Å². The molecule has 4 nitrogen and oxygen atoms in total. The van der Waals surface area contributed by atoms with Crippen LogP contribution in [0, 0.1) is 11.8 Å². The molecule has 2 aliphatic rings. The van der Waals surface area contributed by atoms with Crippen LogP contribution < -0.4 is 0 Å². The molecule has 1 amide bonds. The fourth-order valence-electron chi connectivity index (χ4n) is 3.99. The molecule has 4 atom stereocenters. The number of hydrogen-bond acceptors (Lipinski definition) is 3. The topological polar surface area (TPSA) is 43.8 Å². The predicted octanol–water partition coefficient (Wildman–Crippen LogP) is 2.77. The Morgan fingerprint density at radius 1 is 1.17 bits per heavy atom. The van der Waals surface area contributed by atoms with Gasteiger partial charge in [0.1, 0.15) is 0 Å². The van der Waals surface area contributed by atoms with Gasteiger partial charge in [0.05, 0.1) is 21.7 Å². The number of carbonyl (C=O) groups excluding carboxylic acids is 1. The Hall–Kier alpha value is -0.810. The van der Waals surface area contributed by atoms with Crippen molar-refractivity contribution in [1.82, 2.24) is 9.80 Å². The van der Waals surface area contributed by atoms with Crippen molar-refractivity contribution in [2.45, 2.75) is 25.0 Å². The molecule has 0 aromatic heterocycles. The molecule has 23 heavy (non-hydrogen) atoms. The number of likely N-dealkylation sites (N-methyl/N-ethyl adjacent to an activating group) is 1. The summed E-state index contributed by atoms with van der Waals surface area (Å²) in [7, 11) is 3.99. The minimum absolute atomic E-state index is 0.106. The minimum atomic E-state index is -0.329. The van der Waals surface area contributed by atoms with Gasteiger partial charge >= 0.3 is 0 Å². The summed E-state index contributed by atoms with van der Waals surface area (Å²) in [6.45, 7) is 1.38. The van der Waals surface area contributed by atoms with E-state index in [1.807, 2.05) is 19.0 Å². The van der Waals surface area contributed by atoms with Gasteiger partial charge in [-0.25, -0.2) is 0 Å². The third-order valence-electron chi connectivity index (χ3n) is 5.24. The standard InChI is InChI=1S/C17H22Cl2N2O2/c1-20(2)14-6-10-8-21(9-11(10)7-15(14)22)17(23)16-12(18)4-3-5-13(16)19/h3-5,10-11,14-15,22H,6-9H2,1-2H3/t10-,11+,14-,15-/m1/s1. The molecular weight excluding hydrogens is 335 g/mol. The van der Waals surface area contributed by atoms with Crippen molar-refractivity contribution in [3.63, 3.8) is 0 Å². The Morgan fingerprint density at radius 3 is 2.30 bits per heavy atom. The van der Waals surface area contributed by atoms with Gasteiger partial charge in [-0.3, -0.25) is 4.79 Å². The number of benzene rings is 1. The van der Waals surface area contributed by atoms with Crippen LogP contribution in [0.5, 0.6) is 0 Å². The summed E-state index contributed by atoms with van der Waals surface area (Å²) in [6, 6.07) is 5.28. The smallest absolute Gasteiger partial charge is 0.256 e. The van der Waals surface area contributed by atoms with Crippen molar-refractivity contribution in [2.24, 2.45) is 11.8 Å². The number of likely N-dealkylation sites (tertiary alicyclic amines) is 1. The molecular formula is C17H22Cl2N2O2. The monoisotopic (exact) mass is 356 g/mol. The first-order chi connectivity index (χ1) is 10.9. The molecule has 1 aromatic carbocycles. The van der Waals surface area contributed by atoms with Crippen molar-refractivity contribution in [1.29, 1.82) is 0 Å². The molecule has 0 bridgehead atoms. The molecule has 1 saturated carbocycles. The minimum Gasteiger partial charge on any atom is -0.391 e. The SMILES string of the molecule is CN(C)[C@@H]1C[C@@H]2CN(C(=O)c3c(Cl)cccc3Cl)C[C@@H]2C[C@H]1O. The van der Waals surface area contributed by atoms with Gasteiger partial charge in [-0.2, -0.15) is 0 Å². The number of rotatable bonds is 2. The zero-order valence-electron chi connectivity index (χ0n) is 13.4. The summed E-state index contributed by atoms with van der Waals surface area (Å²) in [6.07, 6.45) is 1.33. The third kappa shape index (κ3) is 3.22. The van der Waals surface area contributed by atoms with Crippen molar-refractivity contribution in [2.75, 3.05) is 27.2 Å². The average molecular weight is 357 g/mol. The number of aliphatic hydroxyl groups excluding tert-OH is 1. The normalized spacial score (nSPS) is 30.6. The lowest BCUT2D eigenvalue weighted by atomic mass is 9.77. The second-order valence-corrected chi connectivity index (χ2v) is 7.71. The van der Waals surface area contributed by atoms with Gasteiger partial charge in [0.2, 0.25) is 0 Å². The number of amides is 1. The van der Waals surface area contributed by atoms with Crippen LogP contribution in [0.3, 0.4) is 0 Å². The molecule has 1 heterocycles. The van der Waals surface area contributed by atoms with Crippen LogP contribution in [-0.2, 0) is 0 Å². The number of fused-ring (bicyclic) bond motifs is 1. The van der Waals surface area contributed by atoms with E-state index >= 15 is 0 Å². The summed E-state index contributed by atoms with van der Waals surface area (Å²) in [5.74, 6) is 0.674. The number of nitrogens with zero attached hydrogens (tertiary/aromatic N) is 2. The Morgan fingerprint density at radius 2 is 1.74 bits per heavy atom. The largest absolute Gasteiger partial charge is 0.391 e. The van der Waals surface area contributed by atoms with Gasteiger partial charge in [0.15, 0.2) is 0 Å². The van der Waals surface area contributed by atoms with E-state index in [0.717, 1.165) is 12.8 Å². The molecule has 1 aromatic rings. The van der Waals surface area contributed by atoms with E-state index in [9.17, 15) is 9.90 Å². The lowest BCUT2D eigenvalue weighted by Gasteiger charge is -2.38. The summed E-state index contributed by atoms with van der Waals surface area (Å²) < 4.78 is 0.